The quantitative estimate of drug-likeness (QED) is 0.669. The lowest BCUT2D eigenvalue weighted by Gasteiger charge is -2.30. The Balaban J connectivity index is 1.84. The summed E-state index contributed by atoms with van der Waals surface area (Å²) in [7, 11) is 1.56. The summed E-state index contributed by atoms with van der Waals surface area (Å²) < 4.78 is 19.8. The van der Waals surface area contributed by atoms with Gasteiger partial charge < -0.3 is 15.8 Å². The third-order valence-corrected chi connectivity index (χ3v) is 7.21. The van der Waals surface area contributed by atoms with Crippen molar-refractivity contribution in [3.05, 3.63) is 40.6 Å². The minimum absolute atomic E-state index is 0.00649. The number of hydrogen-bond acceptors (Lipinski definition) is 6. The van der Waals surface area contributed by atoms with E-state index in [1.807, 2.05) is 6.92 Å². The number of nitrogens with zero attached hydrogens (tertiary/aromatic N) is 1. The summed E-state index contributed by atoms with van der Waals surface area (Å²) in [5.74, 6) is 0.143. The molecule has 3 unspecified atom stereocenters. The highest BCUT2D eigenvalue weighted by Gasteiger charge is 2.34. The van der Waals surface area contributed by atoms with Crippen LogP contribution in [0.5, 0.6) is 0 Å². The Morgan fingerprint density at radius 1 is 1.54 bits per heavy atom. The molecule has 0 aromatic heterocycles. The SMILES string of the molecule is COC1C(C(=O)Nc2ccc(F)c(C3(C)CCSC(N)=N3)c2)=CSC1Br. The Bertz CT molecular complexity index is 789. The molecule has 2 heterocycles. The molecule has 0 fully saturated rings. The number of hydrogen-bond donors (Lipinski definition) is 2. The number of amides is 1. The van der Waals surface area contributed by atoms with Crippen molar-refractivity contribution in [1.82, 2.24) is 0 Å². The average molecular weight is 460 g/mol. The lowest BCUT2D eigenvalue weighted by atomic mass is 9.89. The second-order valence-corrected chi connectivity index (χ2v) is 9.91. The molecule has 0 aliphatic carbocycles. The van der Waals surface area contributed by atoms with Gasteiger partial charge in [-0.2, -0.15) is 0 Å². The van der Waals surface area contributed by atoms with Crippen LogP contribution < -0.4 is 11.1 Å². The fourth-order valence-corrected chi connectivity index (χ4v) is 5.65. The minimum atomic E-state index is -0.737. The van der Waals surface area contributed by atoms with Gasteiger partial charge in [-0.15, -0.1) is 11.8 Å². The molecule has 0 radical (unpaired) electrons. The number of rotatable bonds is 4. The number of ether oxygens (including phenoxy) is 1. The number of methoxy groups -OCH3 is 1. The van der Waals surface area contributed by atoms with Gasteiger partial charge in [0.2, 0.25) is 0 Å². The van der Waals surface area contributed by atoms with E-state index in [2.05, 4.69) is 26.2 Å². The highest BCUT2D eigenvalue weighted by atomic mass is 79.9. The number of thioether (sulfide) groups is 2. The number of benzene rings is 1. The lowest BCUT2D eigenvalue weighted by Crippen LogP contribution is -2.30. The molecular formula is C17H19BrFN3O2S2. The van der Waals surface area contributed by atoms with Crippen LogP contribution in [0.1, 0.15) is 18.9 Å². The van der Waals surface area contributed by atoms with E-state index in [1.165, 1.54) is 29.6 Å². The minimum Gasteiger partial charge on any atom is -0.379 e. The number of carbonyl (C=O) groups is 1. The van der Waals surface area contributed by atoms with Crippen molar-refractivity contribution in [2.45, 2.75) is 29.1 Å². The van der Waals surface area contributed by atoms with Crippen LogP contribution in [0.3, 0.4) is 0 Å². The number of aliphatic imine (C=N–C) groups is 1. The van der Waals surface area contributed by atoms with Crippen molar-refractivity contribution in [3.63, 3.8) is 0 Å². The predicted octanol–water partition coefficient (Wildman–Crippen LogP) is 3.80. The molecule has 0 saturated carbocycles. The molecule has 0 bridgehead atoms. The summed E-state index contributed by atoms with van der Waals surface area (Å²) in [6, 6.07) is 4.53. The standard InChI is InChI=1S/C17H19BrFN3O2S2/c1-17(5-6-25-16(20)22-17)11-7-9(3-4-12(11)19)21-15(23)10-8-26-14(18)13(10)24-2/h3-4,7-8,13-14H,5-6H2,1-2H3,(H2,20,22)(H,21,23). The predicted molar refractivity (Wildman–Crippen MR) is 110 cm³/mol. The van der Waals surface area contributed by atoms with Gasteiger partial charge in [-0.25, -0.2) is 4.39 Å². The van der Waals surface area contributed by atoms with Crippen LogP contribution in [0.2, 0.25) is 0 Å². The smallest absolute Gasteiger partial charge is 0.254 e. The van der Waals surface area contributed by atoms with E-state index in [0.29, 0.717) is 28.4 Å². The maximum absolute atomic E-state index is 14.5. The second kappa shape index (κ2) is 7.92. The lowest BCUT2D eigenvalue weighted by molar-refractivity contribution is -0.113. The van der Waals surface area contributed by atoms with Crippen molar-refractivity contribution in [2.75, 3.05) is 18.2 Å². The van der Waals surface area contributed by atoms with E-state index in [-0.39, 0.29) is 22.0 Å². The molecule has 3 N–H and O–H groups in total. The Kier molecular flexibility index (Phi) is 6.01. The maximum Gasteiger partial charge on any atom is 0.254 e. The van der Waals surface area contributed by atoms with Crippen LogP contribution in [0.15, 0.2) is 34.2 Å². The fraction of sp³-hybridized carbons (Fsp3) is 0.412. The normalized spacial score (nSPS) is 28.5. The van der Waals surface area contributed by atoms with Crippen LogP contribution in [-0.4, -0.2) is 34.2 Å². The zero-order valence-corrected chi connectivity index (χ0v) is 17.5. The van der Waals surface area contributed by atoms with Crippen molar-refractivity contribution in [3.8, 4) is 0 Å². The first-order valence-electron chi connectivity index (χ1n) is 7.96. The van der Waals surface area contributed by atoms with Crippen LogP contribution in [0.4, 0.5) is 10.1 Å². The Morgan fingerprint density at radius 3 is 3.00 bits per heavy atom. The first-order valence-corrected chi connectivity index (χ1v) is 10.8. The zero-order valence-electron chi connectivity index (χ0n) is 14.3. The largest absolute Gasteiger partial charge is 0.379 e. The molecular weight excluding hydrogens is 441 g/mol. The van der Waals surface area contributed by atoms with E-state index in [1.54, 1.807) is 24.7 Å². The third-order valence-electron chi connectivity index (χ3n) is 4.39. The van der Waals surface area contributed by atoms with Gasteiger partial charge in [0, 0.05) is 24.1 Å². The van der Waals surface area contributed by atoms with Gasteiger partial charge in [-0.05, 0) is 37.0 Å². The molecule has 1 aromatic rings. The number of anilines is 1. The van der Waals surface area contributed by atoms with Crippen molar-refractivity contribution >= 4 is 56.2 Å². The molecule has 26 heavy (non-hydrogen) atoms. The van der Waals surface area contributed by atoms with Gasteiger partial charge in [0.1, 0.15) is 11.9 Å². The Labute approximate surface area is 168 Å². The molecule has 9 heteroatoms. The molecule has 140 valence electrons. The van der Waals surface area contributed by atoms with Crippen LogP contribution in [-0.2, 0) is 15.1 Å². The number of nitrogens with two attached hydrogens (primary N) is 1. The van der Waals surface area contributed by atoms with E-state index in [4.69, 9.17) is 10.5 Å². The van der Waals surface area contributed by atoms with Crippen molar-refractivity contribution in [2.24, 2.45) is 10.7 Å². The van der Waals surface area contributed by atoms with E-state index < -0.39 is 5.54 Å². The molecule has 1 amide bonds. The maximum atomic E-state index is 14.5. The van der Waals surface area contributed by atoms with Crippen LogP contribution in [0.25, 0.3) is 0 Å². The molecule has 1 aromatic carbocycles. The number of halogens is 2. The summed E-state index contributed by atoms with van der Waals surface area (Å²) in [6.45, 7) is 1.86. The molecule has 2 aliphatic rings. The fourth-order valence-electron chi connectivity index (χ4n) is 2.93. The Hall–Kier alpha value is -1.03. The molecule has 3 atom stereocenters. The van der Waals surface area contributed by atoms with Crippen LogP contribution >= 0.6 is 39.5 Å². The highest BCUT2D eigenvalue weighted by Crippen LogP contribution is 2.39. The van der Waals surface area contributed by atoms with Gasteiger partial charge in [0.25, 0.3) is 5.91 Å². The highest BCUT2D eigenvalue weighted by molar-refractivity contribution is 9.11. The molecule has 2 aliphatic heterocycles. The third kappa shape index (κ3) is 3.95. The number of carbonyl (C=O) groups excluding carboxylic acids is 1. The summed E-state index contributed by atoms with van der Waals surface area (Å²) in [4.78, 5) is 17.0. The number of nitrogens with one attached hydrogen (secondary N) is 1. The van der Waals surface area contributed by atoms with Gasteiger partial charge in [-0.1, -0.05) is 27.7 Å². The number of amidine groups is 1. The van der Waals surface area contributed by atoms with Crippen molar-refractivity contribution in [1.29, 1.82) is 0 Å². The first-order chi connectivity index (χ1) is 12.3. The van der Waals surface area contributed by atoms with Crippen molar-refractivity contribution < 1.29 is 13.9 Å². The van der Waals surface area contributed by atoms with E-state index in [0.717, 1.165) is 5.75 Å². The topological polar surface area (TPSA) is 76.7 Å². The van der Waals surface area contributed by atoms with Gasteiger partial charge >= 0.3 is 0 Å². The average Bonchev–Trinajstić information content (AvgIpc) is 2.97. The second-order valence-electron chi connectivity index (χ2n) is 6.19. The van der Waals surface area contributed by atoms with E-state index >= 15 is 0 Å². The van der Waals surface area contributed by atoms with Gasteiger partial charge in [0.15, 0.2) is 5.17 Å². The summed E-state index contributed by atoms with van der Waals surface area (Å²) in [6.07, 6.45) is 0.336. The summed E-state index contributed by atoms with van der Waals surface area (Å²) in [5, 5.41) is 5.06. The van der Waals surface area contributed by atoms with E-state index in [9.17, 15) is 9.18 Å². The molecule has 0 spiro atoms. The summed E-state index contributed by atoms with van der Waals surface area (Å²) in [5.41, 5.74) is 6.57. The first kappa shape index (κ1) is 19.7. The monoisotopic (exact) mass is 459 g/mol. The Morgan fingerprint density at radius 2 is 2.31 bits per heavy atom. The summed E-state index contributed by atoms with van der Waals surface area (Å²) >= 11 is 6.42. The molecule has 5 nitrogen and oxygen atoms in total. The van der Waals surface area contributed by atoms with Gasteiger partial charge in [-0.3, -0.25) is 9.79 Å². The van der Waals surface area contributed by atoms with Gasteiger partial charge in [0.05, 0.1) is 15.3 Å². The zero-order chi connectivity index (χ0) is 18.9. The molecule has 3 rings (SSSR count). The molecule has 0 saturated heterocycles. The number of alkyl halides is 1. The van der Waals surface area contributed by atoms with Crippen LogP contribution in [0, 0.1) is 5.82 Å².